The van der Waals surface area contributed by atoms with Crippen LogP contribution in [0.5, 0.6) is 0 Å². The Hall–Kier alpha value is -2.82. The summed E-state index contributed by atoms with van der Waals surface area (Å²) in [6.07, 6.45) is 0.407. The molecule has 0 radical (unpaired) electrons. The van der Waals surface area contributed by atoms with E-state index in [0.717, 1.165) is 42.6 Å². The first kappa shape index (κ1) is 29.7. The third kappa shape index (κ3) is 5.92. The highest BCUT2D eigenvalue weighted by Gasteiger charge is 2.54. The molecule has 2 aromatic rings. The maximum atomic E-state index is 14.1. The number of anilines is 1. The molecule has 10 heteroatoms. The summed E-state index contributed by atoms with van der Waals surface area (Å²) in [5, 5.41) is 6.12. The molecule has 3 saturated heterocycles. The zero-order valence-electron chi connectivity index (χ0n) is 25.1. The van der Waals surface area contributed by atoms with Crippen LogP contribution in [-0.4, -0.2) is 96.9 Å². The lowest BCUT2D eigenvalue weighted by Crippen LogP contribution is -2.57. The van der Waals surface area contributed by atoms with E-state index < -0.39 is 17.5 Å². The van der Waals surface area contributed by atoms with E-state index >= 15 is 0 Å². The standard InChI is InChI=1S/C31H43N5O4S/c1-7-31(4,5)27(29(39)36-16-22(19(2)3)26-25(36)24(37)17-40-26)33-28(38)21-10-8-20(9-11-21)23-18-41-30(32-23)35-14-12-34(6)13-15-35/h8-11,18-19,22,25-27H,7,12-17H2,1-6H3,(H,33,38)/t22-,25-,26-,27-/m1/s1. The summed E-state index contributed by atoms with van der Waals surface area (Å²) in [6.45, 7) is 14.7. The van der Waals surface area contributed by atoms with Crippen molar-refractivity contribution in [1.82, 2.24) is 20.1 Å². The van der Waals surface area contributed by atoms with Gasteiger partial charge in [0.1, 0.15) is 18.7 Å². The highest BCUT2D eigenvalue weighted by atomic mass is 32.1. The van der Waals surface area contributed by atoms with Crippen LogP contribution in [0.25, 0.3) is 11.3 Å². The van der Waals surface area contributed by atoms with Crippen LogP contribution < -0.4 is 10.2 Å². The molecule has 1 aromatic carbocycles. The molecule has 9 nitrogen and oxygen atoms in total. The molecule has 0 spiro atoms. The van der Waals surface area contributed by atoms with Crippen LogP contribution >= 0.6 is 11.3 Å². The zero-order valence-corrected chi connectivity index (χ0v) is 25.9. The Balaban J connectivity index is 1.31. The number of hydrogen-bond donors (Lipinski definition) is 1. The number of amides is 2. The van der Waals surface area contributed by atoms with E-state index in [4.69, 9.17) is 9.72 Å². The summed E-state index contributed by atoms with van der Waals surface area (Å²) in [7, 11) is 2.14. The molecular weight excluding hydrogens is 538 g/mol. The van der Waals surface area contributed by atoms with E-state index in [9.17, 15) is 14.4 Å². The number of thiazole rings is 1. The molecule has 0 unspecified atom stereocenters. The van der Waals surface area contributed by atoms with E-state index in [2.05, 4.69) is 41.4 Å². The van der Waals surface area contributed by atoms with Crippen molar-refractivity contribution in [2.24, 2.45) is 17.3 Å². The Bertz CT molecular complexity index is 1270. The summed E-state index contributed by atoms with van der Waals surface area (Å²) in [5.74, 6) is -0.214. The molecule has 1 aromatic heterocycles. The monoisotopic (exact) mass is 581 g/mol. The van der Waals surface area contributed by atoms with Crippen LogP contribution in [0.2, 0.25) is 0 Å². The molecule has 0 saturated carbocycles. The Labute approximate surface area is 247 Å². The van der Waals surface area contributed by atoms with Crippen molar-refractivity contribution in [3.8, 4) is 11.3 Å². The molecule has 41 heavy (non-hydrogen) atoms. The van der Waals surface area contributed by atoms with Crippen LogP contribution in [0.4, 0.5) is 5.13 Å². The van der Waals surface area contributed by atoms with Gasteiger partial charge in [0, 0.05) is 55.1 Å². The first-order valence-electron chi connectivity index (χ1n) is 14.7. The number of carbonyl (C=O) groups excluding carboxylic acids is 3. The number of ketones is 1. The smallest absolute Gasteiger partial charge is 0.251 e. The highest BCUT2D eigenvalue weighted by molar-refractivity contribution is 7.14. The predicted molar refractivity (Wildman–Crippen MR) is 161 cm³/mol. The van der Waals surface area contributed by atoms with Gasteiger partial charge in [0.05, 0.1) is 11.8 Å². The SMILES string of the molecule is CCC(C)(C)[C@H](NC(=O)c1ccc(-c2csc(N3CCN(C)CC3)n2)cc1)C(=O)N1C[C@H](C(C)C)[C@H]2OCC(=O)[C@H]21. The van der Waals surface area contributed by atoms with Crippen LogP contribution in [0.3, 0.4) is 0 Å². The number of nitrogens with zero attached hydrogens (tertiary/aromatic N) is 4. The Morgan fingerprint density at radius 2 is 1.83 bits per heavy atom. The van der Waals surface area contributed by atoms with Gasteiger partial charge in [-0.05, 0) is 36.9 Å². The maximum Gasteiger partial charge on any atom is 0.251 e. The minimum absolute atomic E-state index is 0.0404. The summed E-state index contributed by atoms with van der Waals surface area (Å²) >= 11 is 1.64. The average molecular weight is 582 g/mol. The van der Waals surface area contributed by atoms with Crippen LogP contribution in [0.1, 0.15) is 51.4 Å². The van der Waals surface area contributed by atoms with Gasteiger partial charge >= 0.3 is 0 Å². The van der Waals surface area contributed by atoms with Crippen LogP contribution in [-0.2, 0) is 14.3 Å². The lowest BCUT2D eigenvalue weighted by Gasteiger charge is -2.37. The number of Topliss-reactive ketones (excluding diaryl/α,β-unsaturated/α-hetero) is 1. The molecule has 2 amide bonds. The Morgan fingerprint density at radius 3 is 2.46 bits per heavy atom. The number of ether oxygens (including phenoxy) is 1. The average Bonchev–Trinajstić information content (AvgIpc) is 3.69. The second-order valence-corrected chi connectivity index (χ2v) is 13.6. The largest absolute Gasteiger partial charge is 0.367 e. The van der Waals surface area contributed by atoms with Gasteiger partial charge < -0.3 is 24.8 Å². The van der Waals surface area contributed by atoms with Gasteiger partial charge in [-0.15, -0.1) is 11.3 Å². The summed E-state index contributed by atoms with van der Waals surface area (Å²) < 4.78 is 5.83. The molecule has 4 heterocycles. The van der Waals surface area contributed by atoms with E-state index in [0.29, 0.717) is 18.5 Å². The predicted octanol–water partition coefficient (Wildman–Crippen LogP) is 3.55. The fourth-order valence-corrected chi connectivity index (χ4v) is 6.91. The topological polar surface area (TPSA) is 95.1 Å². The van der Waals surface area contributed by atoms with Crippen molar-refractivity contribution in [3.05, 3.63) is 35.2 Å². The number of hydrogen-bond acceptors (Lipinski definition) is 8. The fraction of sp³-hybridized carbons (Fsp3) is 0.613. The summed E-state index contributed by atoms with van der Waals surface area (Å²) in [5.41, 5.74) is 1.80. The number of rotatable bonds is 8. The van der Waals surface area contributed by atoms with Gasteiger partial charge in [-0.25, -0.2) is 4.98 Å². The third-order valence-electron chi connectivity index (χ3n) is 9.29. The molecule has 0 aliphatic carbocycles. The number of nitrogens with one attached hydrogen (secondary N) is 1. The van der Waals surface area contributed by atoms with Crippen molar-refractivity contribution >= 4 is 34.1 Å². The summed E-state index contributed by atoms with van der Waals surface area (Å²) in [4.78, 5) is 51.5. The normalized spacial score (nSPS) is 24.2. The first-order chi connectivity index (χ1) is 19.5. The van der Waals surface area contributed by atoms with Crippen molar-refractivity contribution < 1.29 is 19.1 Å². The second-order valence-electron chi connectivity index (χ2n) is 12.7. The van der Waals surface area contributed by atoms with Crippen LogP contribution in [0.15, 0.2) is 29.6 Å². The molecule has 5 rings (SSSR count). The lowest BCUT2D eigenvalue weighted by molar-refractivity contribution is -0.140. The number of carbonyl (C=O) groups is 3. The minimum atomic E-state index is -0.774. The van der Waals surface area contributed by atoms with Crippen molar-refractivity contribution in [2.75, 3.05) is 51.3 Å². The van der Waals surface area contributed by atoms with Crippen LogP contribution in [0, 0.1) is 17.3 Å². The number of fused-ring (bicyclic) bond motifs is 1. The van der Waals surface area contributed by atoms with Gasteiger partial charge in [0.25, 0.3) is 5.91 Å². The van der Waals surface area contributed by atoms with Gasteiger partial charge in [-0.2, -0.15) is 0 Å². The van der Waals surface area contributed by atoms with E-state index in [1.54, 1.807) is 28.4 Å². The van der Waals surface area contributed by atoms with Gasteiger partial charge in [-0.1, -0.05) is 46.8 Å². The molecular formula is C31H43N5O4S. The van der Waals surface area contributed by atoms with E-state index in [-0.39, 0.29) is 42.1 Å². The van der Waals surface area contributed by atoms with Crippen molar-refractivity contribution in [3.63, 3.8) is 0 Å². The van der Waals surface area contributed by atoms with Gasteiger partial charge in [0.2, 0.25) is 5.91 Å². The Morgan fingerprint density at radius 1 is 1.15 bits per heavy atom. The first-order valence-corrected chi connectivity index (χ1v) is 15.6. The maximum absolute atomic E-state index is 14.1. The lowest BCUT2D eigenvalue weighted by atomic mass is 9.80. The molecule has 0 bridgehead atoms. The highest BCUT2D eigenvalue weighted by Crippen LogP contribution is 2.38. The Kier molecular flexibility index (Phi) is 8.55. The van der Waals surface area contributed by atoms with Gasteiger partial charge in [-0.3, -0.25) is 14.4 Å². The fourth-order valence-electron chi connectivity index (χ4n) is 6.02. The quantitative estimate of drug-likeness (QED) is 0.510. The molecule has 3 aliphatic heterocycles. The second kappa shape index (κ2) is 11.8. The molecule has 222 valence electrons. The molecule has 3 aliphatic rings. The van der Waals surface area contributed by atoms with E-state index in [1.807, 2.05) is 32.9 Å². The van der Waals surface area contributed by atoms with Crippen molar-refractivity contribution in [1.29, 1.82) is 0 Å². The third-order valence-corrected chi connectivity index (χ3v) is 10.2. The molecule has 4 atom stereocenters. The minimum Gasteiger partial charge on any atom is -0.367 e. The number of likely N-dealkylation sites (tertiary alicyclic amines) is 1. The van der Waals surface area contributed by atoms with E-state index in [1.165, 1.54) is 0 Å². The molecule has 1 N–H and O–H groups in total. The number of likely N-dealkylation sites (N-methyl/N-ethyl adjacent to an activating group) is 1. The number of benzene rings is 1. The summed E-state index contributed by atoms with van der Waals surface area (Å²) in [6, 6.07) is 6.04. The molecule has 3 fully saturated rings. The number of aromatic nitrogens is 1. The zero-order chi connectivity index (χ0) is 29.5. The van der Waals surface area contributed by atoms with Crippen molar-refractivity contribution in [2.45, 2.75) is 59.2 Å². The number of piperazine rings is 1. The van der Waals surface area contributed by atoms with Gasteiger partial charge in [0.15, 0.2) is 10.9 Å².